The van der Waals surface area contributed by atoms with E-state index in [2.05, 4.69) is 29.6 Å². The van der Waals surface area contributed by atoms with Crippen molar-refractivity contribution in [2.75, 3.05) is 32.9 Å². The first-order valence-corrected chi connectivity index (χ1v) is 11.2. The third-order valence-corrected chi connectivity index (χ3v) is 6.19. The van der Waals surface area contributed by atoms with Crippen LogP contribution in [-0.2, 0) is 19.1 Å². The lowest BCUT2D eigenvalue weighted by Crippen LogP contribution is -2.39. The Morgan fingerprint density at radius 3 is 2.36 bits per heavy atom. The second kappa shape index (κ2) is 10.5. The van der Waals surface area contributed by atoms with E-state index >= 15 is 0 Å². The predicted molar refractivity (Wildman–Crippen MR) is 121 cm³/mol. The normalized spacial score (nSPS) is 16.8. The van der Waals surface area contributed by atoms with Crippen molar-refractivity contribution in [3.8, 4) is 11.1 Å². The molecule has 174 valence electrons. The van der Waals surface area contributed by atoms with Gasteiger partial charge in [0.15, 0.2) is 0 Å². The van der Waals surface area contributed by atoms with Crippen LogP contribution in [0.5, 0.6) is 0 Å². The highest BCUT2D eigenvalue weighted by Crippen LogP contribution is 2.44. The maximum Gasteiger partial charge on any atom is 0.407 e. The van der Waals surface area contributed by atoms with Crippen LogP contribution in [0, 0.1) is 0 Å². The first kappa shape index (κ1) is 22.8. The minimum Gasteiger partial charge on any atom is -0.481 e. The molecule has 0 bridgehead atoms. The van der Waals surface area contributed by atoms with Gasteiger partial charge in [0.05, 0.1) is 13.0 Å². The number of nitrogens with one attached hydrogen (secondary N) is 1. The second-order valence-electron chi connectivity index (χ2n) is 8.29. The molecule has 0 aromatic heterocycles. The average Bonchev–Trinajstić information content (AvgIpc) is 3.39. The largest absolute Gasteiger partial charge is 0.481 e. The van der Waals surface area contributed by atoms with E-state index in [-0.39, 0.29) is 50.7 Å². The van der Waals surface area contributed by atoms with Gasteiger partial charge in [-0.25, -0.2) is 4.79 Å². The summed E-state index contributed by atoms with van der Waals surface area (Å²) >= 11 is 0. The molecule has 4 rings (SSSR count). The fourth-order valence-electron chi connectivity index (χ4n) is 4.69. The van der Waals surface area contributed by atoms with Crippen molar-refractivity contribution in [3.05, 3.63) is 59.7 Å². The molecule has 2 amide bonds. The minimum atomic E-state index is -0.909. The molecule has 2 aliphatic rings. The highest BCUT2D eigenvalue weighted by atomic mass is 16.5. The molecular weight excluding hydrogens is 424 g/mol. The van der Waals surface area contributed by atoms with E-state index < -0.39 is 12.1 Å². The number of carbonyl (C=O) groups is 3. The molecule has 0 spiro atoms. The van der Waals surface area contributed by atoms with Crippen LogP contribution in [0.1, 0.15) is 36.3 Å². The van der Waals surface area contributed by atoms with E-state index in [9.17, 15) is 14.4 Å². The third-order valence-electron chi connectivity index (χ3n) is 6.19. The van der Waals surface area contributed by atoms with Gasteiger partial charge < -0.3 is 24.8 Å². The van der Waals surface area contributed by atoms with Gasteiger partial charge in [-0.2, -0.15) is 0 Å². The summed E-state index contributed by atoms with van der Waals surface area (Å²) in [4.78, 5) is 36.9. The molecule has 2 N–H and O–H groups in total. The summed E-state index contributed by atoms with van der Waals surface area (Å²) in [6.45, 7) is 1.02. The van der Waals surface area contributed by atoms with Crippen LogP contribution in [0.3, 0.4) is 0 Å². The van der Waals surface area contributed by atoms with E-state index in [4.69, 9.17) is 14.6 Å². The molecule has 0 unspecified atom stereocenters. The van der Waals surface area contributed by atoms with Gasteiger partial charge in [-0.1, -0.05) is 48.5 Å². The molecule has 2 aromatic carbocycles. The SMILES string of the molecule is O=C(O)C[C@@H]1CCCN1C(=O)COCCNC(=O)OCC1c2ccccc2-c2ccccc21. The number of fused-ring (bicyclic) bond motifs is 3. The smallest absolute Gasteiger partial charge is 0.407 e. The number of likely N-dealkylation sites (tertiary alicyclic amines) is 1. The molecule has 2 aromatic rings. The lowest BCUT2D eigenvalue weighted by molar-refractivity contribution is -0.141. The quantitative estimate of drug-likeness (QED) is 0.567. The van der Waals surface area contributed by atoms with Crippen LogP contribution < -0.4 is 5.32 Å². The zero-order valence-corrected chi connectivity index (χ0v) is 18.4. The zero-order chi connectivity index (χ0) is 23.2. The number of carbonyl (C=O) groups excluding carboxylic acids is 2. The summed E-state index contributed by atoms with van der Waals surface area (Å²) in [7, 11) is 0. The number of nitrogens with zero attached hydrogens (tertiary/aromatic N) is 1. The molecule has 1 atom stereocenters. The predicted octanol–water partition coefficient (Wildman–Crippen LogP) is 3.01. The van der Waals surface area contributed by atoms with E-state index in [1.807, 2.05) is 24.3 Å². The maximum atomic E-state index is 12.3. The molecule has 33 heavy (non-hydrogen) atoms. The van der Waals surface area contributed by atoms with E-state index in [1.54, 1.807) is 4.90 Å². The van der Waals surface area contributed by atoms with Crippen LogP contribution in [0.15, 0.2) is 48.5 Å². The number of carboxylic acids is 1. The Hall–Kier alpha value is -3.39. The lowest BCUT2D eigenvalue weighted by Gasteiger charge is -2.23. The zero-order valence-electron chi connectivity index (χ0n) is 18.4. The average molecular weight is 453 g/mol. The molecule has 1 aliphatic carbocycles. The number of alkyl carbamates (subject to hydrolysis) is 1. The molecule has 1 aliphatic heterocycles. The number of amides is 2. The number of hydrogen-bond acceptors (Lipinski definition) is 5. The van der Waals surface area contributed by atoms with Crippen molar-refractivity contribution in [2.45, 2.75) is 31.2 Å². The van der Waals surface area contributed by atoms with Gasteiger partial charge in [0.25, 0.3) is 0 Å². The van der Waals surface area contributed by atoms with Gasteiger partial charge in [0.1, 0.15) is 13.2 Å². The Balaban J connectivity index is 1.17. The van der Waals surface area contributed by atoms with Gasteiger partial charge in [-0.15, -0.1) is 0 Å². The first-order chi connectivity index (χ1) is 16.0. The molecule has 8 heteroatoms. The van der Waals surface area contributed by atoms with Crippen LogP contribution in [0.4, 0.5) is 4.79 Å². The fraction of sp³-hybridized carbons (Fsp3) is 0.400. The molecule has 1 fully saturated rings. The van der Waals surface area contributed by atoms with Crippen LogP contribution >= 0.6 is 0 Å². The van der Waals surface area contributed by atoms with E-state index in [0.717, 1.165) is 17.5 Å². The Kier molecular flexibility index (Phi) is 7.24. The van der Waals surface area contributed by atoms with Crippen molar-refractivity contribution in [3.63, 3.8) is 0 Å². The summed E-state index contributed by atoms with van der Waals surface area (Å²) < 4.78 is 10.8. The first-order valence-electron chi connectivity index (χ1n) is 11.2. The van der Waals surface area contributed by atoms with Gasteiger partial charge in [-0.3, -0.25) is 9.59 Å². The van der Waals surface area contributed by atoms with Crippen molar-refractivity contribution in [2.24, 2.45) is 0 Å². The second-order valence-corrected chi connectivity index (χ2v) is 8.29. The Labute approximate surface area is 192 Å². The van der Waals surface area contributed by atoms with Gasteiger partial charge in [-0.05, 0) is 35.1 Å². The van der Waals surface area contributed by atoms with Gasteiger partial charge in [0.2, 0.25) is 5.91 Å². The number of rotatable bonds is 9. The number of aliphatic carboxylic acids is 1. The number of hydrogen-bond donors (Lipinski definition) is 2. The molecule has 0 saturated carbocycles. The molecule has 8 nitrogen and oxygen atoms in total. The Morgan fingerprint density at radius 1 is 1.03 bits per heavy atom. The van der Waals surface area contributed by atoms with Crippen molar-refractivity contribution in [1.29, 1.82) is 0 Å². The Bertz CT molecular complexity index is 978. The summed E-state index contributed by atoms with van der Waals surface area (Å²) in [5.41, 5.74) is 4.64. The van der Waals surface area contributed by atoms with Crippen molar-refractivity contribution in [1.82, 2.24) is 10.2 Å². The topological polar surface area (TPSA) is 105 Å². The van der Waals surface area contributed by atoms with Crippen LogP contribution in [0.2, 0.25) is 0 Å². The fourth-order valence-corrected chi connectivity index (χ4v) is 4.69. The standard InChI is InChI=1S/C25H28N2O6/c28-23(27-12-5-6-17(27)14-24(29)30)16-32-13-11-26-25(31)33-15-22-20-9-3-1-7-18(20)19-8-2-4-10-21(19)22/h1-4,7-10,17,22H,5-6,11-16H2,(H,26,31)(H,29,30)/t17-/m0/s1. The summed E-state index contributed by atoms with van der Waals surface area (Å²) in [5, 5.41) is 11.6. The van der Waals surface area contributed by atoms with Crippen molar-refractivity contribution < 1.29 is 29.0 Å². The van der Waals surface area contributed by atoms with Crippen LogP contribution in [-0.4, -0.2) is 66.9 Å². The molecular formula is C25H28N2O6. The lowest BCUT2D eigenvalue weighted by atomic mass is 9.98. The van der Waals surface area contributed by atoms with Crippen LogP contribution in [0.25, 0.3) is 11.1 Å². The minimum absolute atomic E-state index is 0.00349. The number of benzene rings is 2. The van der Waals surface area contributed by atoms with E-state index in [1.165, 1.54) is 11.1 Å². The number of carboxylic acid groups (broad SMARTS) is 1. The summed E-state index contributed by atoms with van der Waals surface area (Å²) in [6.07, 6.45) is 0.914. The summed E-state index contributed by atoms with van der Waals surface area (Å²) in [6, 6.07) is 16.0. The summed E-state index contributed by atoms with van der Waals surface area (Å²) in [5.74, 6) is -1.14. The third kappa shape index (κ3) is 5.34. The Morgan fingerprint density at radius 2 is 1.70 bits per heavy atom. The number of ether oxygens (including phenoxy) is 2. The van der Waals surface area contributed by atoms with Crippen molar-refractivity contribution >= 4 is 18.0 Å². The van der Waals surface area contributed by atoms with Gasteiger partial charge >= 0.3 is 12.1 Å². The molecule has 1 heterocycles. The van der Waals surface area contributed by atoms with E-state index in [0.29, 0.717) is 13.0 Å². The maximum absolute atomic E-state index is 12.3. The van der Waals surface area contributed by atoms with Gasteiger partial charge in [0, 0.05) is 25.0 Å². The highest BCUT2D eigenvalue weighted by molar-refractivity contribution is 5.80. The molecule has 1 saturated heterocycles. The monoisotopic (exact) mass is 452 g/mol. The highest BCUT2D eigenvalue weighted by Gasteiger charge is 2.30. The molecule has 0 radical (unpaired) electrons.